The van der Waals surface area contributed by atoms with E-state index < -0.39 is 15.9 Å². The molecule has 1 heterocycles. The smallest absolute Gasteiger partial charge is 0.270 e. The molecule has 30 heavy (non-hydrogen) atoms. The molecule has 1 N–H and O–H groups in total. The number of fused-ring (bicyclic) bond motifs is 1. The molecule has 0 atom stereocenters. The van der Waals surface area contributed by atoms with E-state index in [0.29, 0.717) is 34.0 Å². The number of ether oxygens (including phenoxy) is 2. The van der Waals surface area contributed by atoms with Gasteiger partial charge in [0.25, 0.3) is 15.9 Å². The molecule has 0 bridgehead atoms. The van der Waals surface area contributed by atoms with Crippen LogP contribution in [0.4, 0.5) is 11.4 Å². The van der Waals surface area contributed by atoms with E-state index >= 15 is 0 Å². The van der Waals surface area contributed by atoms with Gasteiger partial charge in [-0.3, -0.25) is 9.10 Å². The molecule has 2 aromatic rings. The number of amides is 1. The third-order valence-corrected chi connectivity index (χ3v) is 6.81. The third-order valence-electron chi connectivity index (χ3n) is 4.87. The van der Waals surface area contributed by atoms with Crippen LogP contribution in [-0.2, 0) is 14.8 Å². The van der Waals surface area contributed by atoms with Crippen LogP contribution in [0.3, 0.4) is 0 Å². The Hall–Kier alpha value is -3.26. The van der Waals surface area contributed by atoms with Gasteiger partial charge in [-0.25, -0.2) is 8.42 Å². The molecule has 1 aliphatic rings. The number of methoxy groups -OCH3 is 2. The highest BCUT2D eigenvalue weighted by molar-refractivity contribution is 7.97. The molecule has 2 aromatic carbocycles. The van der Waals surface area contributed by atoms with Crippen molar-refractivity contribution in [2.45, 2.75) is 13.8 Å². The van der Waals surface area contributed by atoms with Crippen molar-refractivity contribution in [3.05, 3.63) is 65.1 Å². The van der Waals surface area contributed by atoms with Crippen molar-refractivity contribution in [2.24, 2.45) is 0 Å². The first-order valence-corrected chi connectivity index (χ1v) is 10.7. The predicted molar refractivity (Wildman–Crippen MR) is 118 cm³/mol. The lowest BCUT2D eigenvalue weighted by molar-refractivity contribution is -0.112. The van der Waals surface area contributed by atoms with Crippen molar-refractivity contribution >= 4 is 32.9 Å². The van der Waals surface area contributed by atoms with Crippen LogP contribution in [0.5, 0.6) is 11.5 Å². The van der Waals surface area contributed by atoms with E-state index in [4.69, 9.17) is 9.47 Å². The number of hydrogen-bond acceptors (Lipinski definition) is 5. The Morgan fingerprint density at radius 1 is 1.10 bits per heavy atom. The molecule has 0 fully saturated rings. The number of carbonyl (C=O) groups is 1. The van der Waals surface area contributed by atoms with Crippen LogP contribution >= 0.6 is 0 Å². The first-order valence-electron chi connectivity index (χ1n) is 9.23. The standard InChI is InChI=1S/C22H24N2O5S/c1-6-11-24-18-13-20(29-5)19(28-4)12-17(18)15(3)21(30(24,26)27)22(25)23-16-9-7-14(2)8-10-16/h6-10,12-13H,1,11H2,2-5H3,(H,23,25). The molecule has 0 saturated heterocycles. The first-order chi connectivity index (χ1) is 14.2. The van der Waals surface area contributed by atoms with Gasteiger partial charge in [0.2, 0.25) is 0 Å². The number of anilines is 2. The lowest BCUT2D eigenvalue weighted by Gasteiger charge is -2.32. The average molecular weight is 429 g/mol. The summed E-state index contributed by atoms with van der Waals surface area (Å²) in [5.41, 5.74) is 2.83. The molecular formula is C22H24N2O5S. The van der Waals surface area contributed by atoms with Gasteiger partial charge >= 0.3 is 0 Å². The number of benzene rings is 2. The molecule has 0 aliphatic carbocycles. The molecule has 7 nitrogen and oxygen atoms in total. The summed E-state index contributed by atoms with van der Waals surface area (Å²) in [4.78, 5) is 12.7. The Labute approximate surface area is 176 Å². The van der Waals surface area contributed by atoms with Gasteiger partial charge in [0, 0.05) is 17.3 Å². The van der Waals surface area contributed by atoms with Gasteiger partial charge in [0.05, 0.1) is 26.5 Å². The maximum Gasteiger partial charge on any atom is 0.270 e. The van der Waals surface area contributed by atoms with Gasteiger partial charge in [-0.15, -0.1) is 6.58 Å². The summed E-state index contributed by atoms with van der Waals surface area (Å²) >= 11 is 0. The van der Waals surface area contributed by atoms with Crippen LogP contribution in [0.15, 0.2) is 54.0 Å². The summed E-state index contributed by atoms with van der Waals surface area (Å²) < 4.78 is 38.6. The molecule has 0 radical (unpaired) electrons. The van der Waals surface area contributed by atoms with Crippen LogP contribution in [-0.4, -0.2) is 35.1 Å². The highest BCUT2D eigenvalue weighted by Crippen LogP contribution is 2.45. The average Bonchev–Trinajstić information content (AvgIpc) is 2.71. The van der Waals surface area contributed by atoms with Gasteiger partial charge in [-0.05, 0) is 37.6 Å². The van der Waals surface area contributed by atoms with Crippen molar-refractivity contribution in [1.29, 1.82) is 0 Å². The number of rotatable bonds is 6. The van der Waals surface area contributed by atoms with Crippen LogP contribution in [0.1, 0.15) is 18.1 Å². The highest BCUT2D eigenvalue weighted by atomic mass is 32.2. The minimum Gasteiger partial charge on any atom is -0.493 e. The lowest BCUT2D eigenvalue weighted by Crippen LogP contribution is -2.39. The summed E-state index contributed by atoms with van der Waals surface area (Å²) in [7, 11) is -1.16. The summed E-state index contributed by atoms with van der Waals surface area (Å²) in [5, 5.41) is 2.69. The molecule has 0 spiro atoms. The minimum absolute atomic E-state index is 0.000587. The maximum atomic E-state index is 13.4. The van der Waals surface area contributed by atoms with E-state index in [-0.39, 0.29) is 11.4 Å². The van der Waals surface area contributed by atoms with Gasteiger partial charge in [0.15, 0.2) is 16.4 Å². The number of nitrogens with zero attached hydrogens (tertiary/aromatic N) is 1. The zero-order valence-corrected chi connectivity index (χ0v) is 18.2. The summed E-state index contributed by atoms with van der Waals surface area (Å²) in [6, 6.07) is 10.4. The second-order valence-corrected chi connectivity index (χ2v) is 8.62. The number of aryl methyl sites for hydroxylation is 1. The van der Waals surface area contributed by atoms with E-state index in [0.717, 1.165) is 9.87 Å². The van der Waals surface area contributed by atoms with Crippen molar-refractivity contribution in [1.82, 2.24) is 0 Å². The van der Waals surface area contributed by atoms with E-state index in [2.05, 4.69) is 11.9 Å². The normalized spacial score (nSPS) is 14.7. The fourth-order valence-electron chi connectivity index (χ4n) is 3.36. The quantitative estimate of drug-likeness (QED) is 0.709. The third kappa shape index (κ3) is 3.66. The Balaban J connectivity index is 2.19. The number of nitrogens with one attached hydrogen (secondary N) is 1. The number of sulfonamides is 1. The zero-order chi connectivity index (χ0) is 22.1. The van der Waals surface area contributed by atoms with Crippen molar-refractivity contribution < 1.29 is 22.7 Å². The Kier molecular flexibility index (Phi) is 5.89. The molecule has 158 valence electrons. The van der Waals surface area contributed by atoms with E-state index in [1.807, 2.05) is 19.1 Å². The van der Waals surface area contributed by atoms with Crippen LogP contribution in [0, 0.1) is 6.92 Å². The molecule has 0 aromatic heterocycles. The molecule has 8 heteroatoms. The first kappa shape index (κ1) is 21.4. The van der Waals surface area contributed by atoms with Crippen LogP contribution in [0.25, 0.3) is 5.57 Å². The predicted octanol–water partition coefficient (Wildman–Crippen LogP) is 3.72. The van der Waals surface area contributed by atoms with Crippen molar-refractivity contribution in [3.8, 4) is 11.5 Å². The monoisotopic (exact) mass is 428 g/mol. The second kappa shape index (κ2) is 8.23. The molecule has 0 saturated carbocycles. The molecule has 1 amide bonds. The van der Waals surface area contributed by atoms with Gasteiger partial charge in [-0.1, -0.05) is 23.8 Å². The summed E-state index contributed by atoms with van der Waals surface area (Å²) in [6.07, 6.45) is 1.47. The highest BCUT2D eigenvalue weighted by Gasteiger charge is 2.39. The maximum absolute atomic E-state index is 13.4. The van der Waals surface area contributed by atoms with Gasteiger partial charge in [0.1, 0.15) is 0 Å². The van der Waals surface area contributed by atoms with E-state index in [9.17, 15) is 13.2 Å². The fraction of sp³-hybridized carbons (Fsp3) is 0.227. The largest absolute Gasteiger partial charge is 0.493 e. The van der Waals surface area contributed by atoms with Crippen molar-refractivity contribution in [3.63, 3.8) is 0 Å². The topological polar surface area (TPSA) is 84.9 Å². The molecule has 1 aliphatic heterocycles. The number of hydrogen-bond donors (Lipinski definition) is 1. The Bertz CT molecular complexity index is 1130. The minimum atomic E-state index is -4.13. The summed E-state index contributed by atoms with van der Waals surface area (Å²) in [6.45, 7) is 7.19. The van der Waals surface area contributed by atoms with Gasteiger partial charge in [-0.2, -0.15) is 0 Å². The molecule has 0 unspecified atom stereocenters. The zero-order valence-electron chi connectivity index (χ0n) is 17.4. The van der Waals surface area contributed by atoms with E-state index in [1.54, 1.807) is 31.2 Å². The Morgan fingerprint density at radius 2 is 1.70 bits per heavy atom. The van der Waals surface area contributed by atoms with Crippen LogP contribution in [0.2, 0.25) is 0 Å². The lowest BCUT2D eigenvalue weighted by atomic mass is 10.0. The fourth-order valence-corrected chi connectivity index (χ4v) is 5.07. The summed E-state index contributed by atoms with van der Waals surface area (Å²) in [5.74, 6) is 0.124. The van der Waals surface area contributed by atoms with Gasteiger partial charge < -0.3 is 14.8 Å². The SMILES string of the molecule is C=CCN1c2cc(OC)c(OC)cc2C(C)=C(C(=O)Nc2ccc(C)cc2)S1(=O)=O. The Morgan fingerprint density at radius 3 is 2.27 bits per heavy atom. The van der Waals surface area contributed by atoms with Crippen molar-refractivity contribution in [2.75, 3.05) is 30.4 Å². The molecular weight excluding hydrogens is 404 g/mol. The van der Waals surface area contributed by atoms with Crippen LogP contribution < -0.4 is 19.1 Å². The number of allylic oxidation sites excluding steroid dienone is 1. The molecule has 3 rings (SSSR count). The van der Waals surface area contributed by atoms with E-state index in [1.165, 1.54) is 20.3 Å². The second-order valence-electron chi connectivity index (χ2n) is 6.82. The number of carbonyl (C=O) groups excluding carboxylic acids is 1.